The molecule has 1 aromatic rings. The Labute approximate surface area is 194 Å². The van der Waals surface area contributed by atoms with Gasteiger partial charge in [-0.25, -0.2) is 5.43 Å². The van der Waals surface area contributed by atoms with Crippen LogP contribution in [0, 0.1) is 0 Å². The number of hydrazone groups is 1. The molecule has 0 aliphatic carbocycles. The van der Waals surface area contributed by atoms with Crippen LogP contribution < -0.4 is 5.43 Å². The molecule has 5 heteroatoms. The van der Waals surface area contributed by atoms with Gasteiger partial charge in [-0.05, 0) is 18.6 Å². The Balaban J connectivity index is 1.90. The molecule has 0 aliphatic rings. The molecule has 0 fully saturated rings. The van der Waals surface area contributed by atoms with E-state index in [-0.39, 0.29) is 5.91 Å². The predicted molar refractivity (Wildman–Crippen MR) is 132 cm³/mol. The number of carbonyl (C=O) groups excluding carboxylic acids is 1. The van der Waals surface area contributed by atoms with Crippen LogP contribution in [-0.4, -0.2) is 12.1 Å². The van der Waals surface area contributed by atoms with Crippen molar-refractivity contribution in [1.29, 1.82) is 0 Å². The van der Waals surface area contributed by atoms with E-state index < -0.39 is 0 Å². The molecule has 1 rings (SSSR count). The minimum absolute atomic E-state index is 0.0656. The van der Waals surface area contributed by atoms with Crippen molar-refractivity contribution in [3.05, 3.63) is 33.8 Å². The lowest BCUT2D eigenvalue weighted by Crippen LogP contribution is -2.16. The Hall–Kier alpha value is -1.06. The van der Waals surface area contributed by atoms with Crippen molar-refractivity contribution in [1.82, 2.24) is 5.43 Å². The minimum atomic E-state index is -0.0656. The number of halogens is 2. The second-order valence-electron chi connectivity index (χ2n) is 8.13. The van der Waals surface area contributed by atoms with Gasteiger partial charge in [0.25, 0.3) is 0 Å². The zero-order valence-corrected chi connectivity index (χ0v) is 20.2. The quantitative estimate of drug-likeness (QED) is 0.134. The van der Waals surface area contributed by atoms with Crippen LogP contribution in [0.15, 0.2) is 23.3 Å². The molecule has 0 heterocycles. The number of benzene rings is 1. The summed E-state index contributed by atoms with van der Waals surface area (Å²) in [6, 6.07) is 5.26. The fraction of sp³-hybridized carbons (Fsp3) is 0.680. The van der Waals surface area contributed by atoms with E-state index in [0.717, 1.165) is 12.8 Å². The van der Waals surface area contributed by atoms with Crippen molar-refractivity contribution in [3.63, 3.8) is 0 Å². The van der Waals surface area contributed by atoms with Gasteiger partial charge in [0.1, 0.15) is 0 Å². The molecule has 1 amide bonds. The Morgan fingerprint density at radius 2 is 1.23 bits per heavy atom. The van der Waals surface area contributed by atoms with Crippen LogP contribution in [-0.2, 0) is 4.79 Å². The number of carbonyl (C=O) groups is 1. The highest BCUT2D eigenvalue weighted by molar-refractivity contribution is 6.38. The summed E-state index contributed by atoms with van der Waals surface area (Å²) < 4.78 is 0. The van der Waals surface area contributed by atoms with Crippen LogP contribution in [0.5, 0.6) is 0 Å². The summed E-state index contributed by atoms with van der Waals surface area (Å²) in [5.74, 6) is -0.0656. The summed E-state index contributed by atoms with van der Waals surface area (Å²) in [5, 5.41) is 4.99. The van der Waals surface area contributed by atoms with Gasteiger partial charge < -0.3 is 0 Å². The normalized spacial score (nSPS) is 11.3. The van der Waals surface area contributed by atoms with Crippen molar-refractivity contribution in [2.45, 2.75) is 110 Å². The van der Waals surface area contributed by atoms with Crippen LogP contribution >= 0.6 is 23.2 Å². The van der Waals surface area contributed by atoms with Gasteiger partial charge in [0.2, 0.25) is 5.91 Å². The third kappa shape index (κ3) is 14.0. The van der Waals surface area contributed by atoms with E-state index in [9.17, 15) is 4.79 Å². The van der Waals surface area contributed by atoms with Gasteiger partial charge in [-0.1, -0.05) is 126 Å². The van der Waals surface area contributed by atoms with Gasteiger partial charge >= 0.3 is 0 Å². The van der Waals surface area contributed by atoms with E-state index in [1.807, 2.05) is 0 Å². The fourth-order valence-corrected chi connectivity index (χ4v) is 4.01. The molecule has 1 aromatic carbocycles. The van der Waals surface area contributed by atoms with E-state index in [2.05, 4.69) is 17.5 Å². The number of rotatable bonds is 18. The van der Waals surface area contributed by atoms with Gasteiger partial charge in [-0.2, -0.15) is 5.10 Å². The first-order valence-electron chi connectivity index (χ1n) is 11.9. The first kappa shape index (κ1) is 27.0. The molecule has 30 heavy (non-hydrogen) atoms. The number of hydrogen-bond acceptors (Lipinski definition) is 2. The monoisotopic (exact) mass is 454 g/mol. The molecule has 0 aliphatic heterocycles. The van der Waals surface area contributed by atoms with Crippen molar-refractivity contribution in [2.24, 2.45) is 5.10 Å². The van der Waals surface area contributed by atoms with Crippen LogP contribution in [0.4, 0.5) is 0 Å². The number of hydrogen-bond donors (Lipinski definition) is 1. The van der Waals surface area contributed by atoms with E-state index in [0.29, 0.717) is 22.0 Å². The lowest BCUT2D eigenvalue weighted by atomic mass is 10.0. The fourth-order valence-electron chi connectivity index (χ4n) is 3.52. The molecule has 0 bridgehead atoms. The molecule has 1 N–H and O–H groups in total. The average Bonchev–Trinajstić information content (AvgIpc) is 2.73. The summed E-state index contributed by atoms with van der Waals surface area (Å²) >= 11 is 12.1. The predicted octanol–water partition coefficient (Wildman–Crippen LogP) is 8.71. The van der Waals surface area contributed by atoms with Crippen molar-refractivity contribution >= 4 is 35.3 Å². The molecule has 0 unspecified atom stereocenters. The molecule has 3 nitrogen and oxygen atoms in total. The Kier molecular flexibility index (Phi) is 16.8. The molecular formula is C25H40Cl2N2O. The molecule has 0 atom stereocenters. The van der Waals surface area contributed by atoms with Crippen LogP contribution in [0.3, 0.4) is 0 Å². The van der Waals surface area contributed by atoms with E-state index in [1.165, 1.54) is 89.7 Å². The zero-order valence-electron chi connectivity index (χ0n) is 18.7. The topological polar surface area (TPSA) is 41.5 Å². The summed E-state index contributed by atoms with van der Waals surface area (Å²) in [6.07, 6.45) is 21.8. The standard InChI is InChI=1S/C25H40Cl2N2O/c1-2-3-4-5-6-7-8-9-10-11-12-13-14-15-16-20-25(30)29-28-21-22-23(26)18-17-19-24(22)27/h17-19,21H,2-16,20H2,1H3,(H,29,30)/b28-21+. The van der Waals surface area contributed by atoms with E-state index in [1.54, 1.807) is 18.2 Å². The van der Waals surface area contributed by atoms with Crippen LogP contribution in [0.25, 0.3) is 0 Å². The Bertz CT molecular complexity index is 585. The molecule has 0 radical (unpaired) electrons. The van der Waals surface area contributed by atoms with Gasteiger partial charge in [-0.15, -0.1) is 0 Å². The summed E-state index contributed by atoms with van der Waals surface area (Å²) in [4.78, 5) is 11.8. The number of unbranched alkanes of at least 4 members (excludes halogenated alkanes) is 14. The Morgan fingerprint density at radius 1 is 0.800 bits per heavy atom. The molecule has 170 valence electrons. The van der Waals surface area contributed by atoms with Crippen molar-refractivity contribution in [3.8, 4) is 0 Å². The smallest absolute Gasteiger partial charge is 0.240 e. The second-order valence-corrected chi connectivity index (χ2v) is 8.94. The minimum Gasteiger partial charge on any atom is -0.273 e. The van der Waals surface area contributed by atoms with Gasteiger partial charge in [-0.3, -0.25) is 4.79 Å². The summed E-state index contributed by atoms with van der Waals surface area (Å²) in [5.41, 5.74) is 3.17. The summed E-state index contributed by atoms with van der Waals surface area (Å²) in [6.45, 7) is 2.27. The van der Waals surface area contributed by atoms with Gasteiger partial charge in [0.05, 0.1) is 16.3 Å². The second kappa shape index (κ2) is 18.7. The number of nitrogens with zero attached hydrogens (tertiary/aromatic N) is 1. The average molecular weight is 456 g/mol. The number of nitrogens with one attached hydrogen (secondary N) is 1. The summed E-state index contributed by atoms with van der Waals surface area (Å²) in [7, 11) is 0. The highest BCUT2D eigenvalue weighted by atomic mass is 35.5. The molecule has 0 saturated heterocycles. The molecule has 0 saturated carbocycles. The van der Waals surface area contributed by atoms with Crippen LogP contribution in [0.1, 0.15) is 115 Å². The SMILES string of the molecule is CCCCCCCCCCCCCCCCCC(=O)N/N=C/c1c(Cl)cccc1Cl. The highest BCUT2D eigenvalue weighted by Gasteiger charge is 2.03. The lowest BCUT2D eigenvalue weighted by molar-refractivity contribution is -0.121. The third-order valence-electron chi connectivity index (χ3n) is 5.39. The maximum Gasteiger partial charge on any atom is 0.240 e. The molecule has 0 spiro atoms. The molecular weight excluding hydrogens is 415 g/mol. The maximum atomic E-state index is 11.8. The zero-order chi connectivity index (χ0) is 21.9. The lowest BCUT2D eigenvalue weighted by Gasteiger charge is -2.04. The highest BCUT2D eigenvalue weighted by Crippen LogP contribution is 2.22. The van der Waals surface area contributed by atoms with Gasteiger partial charge in [0.15, 0.2) is 0 Å². The van der Waals surface area contributed by atoms with Gasteiger partial charge in [0, 0.05) is 12.0 Å². The first-order chi connectivity index (χ1) is 14.6. The molecule has 0 aromatic heterocycles. The third-order valence-corrected chi connectivity index (χ3v) is 6.05. The van der Waals surface area contributed by atoms with Crippen molar-refractivity contribution in [2.75, 3.05) is 0 Å². The largest absolute Gasteiger partial charge is 0.273 e. The van der Waals surface area contributed by atoms with Crippen molar-refractivity contribution < 1.29 is 4.79 Å². The maximum absolute atomic E-state index is 11.8. The first-order valence-corrected chi connectivity index (χ1v) is 12.7. The Morgan fingerprint density at radius 3 is 1.70 bits per heavy atom. The van der Waals surface area contributed by atoms with Crippen LogP contribution in [0.2, 0.25) is 10.0 Å². The van der Waals surface area contributed by atoms with E-state index >= 15 is 0 Å². The van der Waals surface area contributed by atoms with E-state index in [4.69, 9.17) is 23.2 Å². The number of amides is 1.